The molecule has 0 aliphatic heterocycles. The number of aromatic nitrogens is 1. The van der Waals surface area contributed by atoms with E-state index >= 15 is 0 Å². The maximum atomic E-state index is 12.5. The van der Waals surface area contributed by atoms with Gasteiger partial charge in [0.2, 0.25) is 0 Å². The zero-order valence-corrected chi connectivity index (χ0v) is 12.9. The SMILES string of the molecule is CCOc1ccccc1-c1ccc(C(N)=S)c(=O)n1CC. The standard InChI is InChI=1S/C16H18N2O2S/c1-3-18-13(10-9-12(15(17)21)16(18)19)11-7-5-6-8-14(11)20-4-2/h5-10H,3-4H2,1-2H3,(H2,17,21). The molecule has 1 heterocycles. The third-order valence-corrected chi connectivity index (χ3v) is 3.44. The number of para-hydroxylation sites is 1. The summed E-state index contributed by atoms with van der Waals surface area (Å²) in [7, 11) is 0. The second-order valence-electron chi connectivity index (χ2n) is 4.48. The van der Waals surface area contributed by atoms with Crippen molar-refractivity contribution in [2.45, 2.75) is 20.4 Å². The van der Waals surface area contributed by atoms with E-state index in [0.717, 1.165) is 17.0 Å². The smallest absolute Gasteiger partial charge is 0.261 e. The molecule has 0 atom stereocenters. The van der Waals surface area contributed by atoms with Gasteiger partial charge in [-0.25, -0.2) is 0 Å². The van der Waals surface area contributed by atoms with Gasteiger partial charge in [-0.05, 0) is 38.1 Å². The highest BCUT2D eigenvalue weighted by Gasteiger charge is 2.13. The third-order valence-electron chi connectivity index (χ3n) is 3.22. The Balaban J connectivity index is 2.68. The zero-order chi connectivity index (χ0) is 15.4. The van der Waals surface area contributed by atoms with Crippen LogP contribution in [0.2, 0.25) is 0 Å². The Morgan fingerprint density at radius 2 is 1.95 bits per heavy atom. The lowest BCUT2D eigenvalue weighted by Crippen LogP contribution is -2.29. The molecule has 0 aliphatic carbocycles. The summed E-state index contributed by atoms with van der Waals surface area (Å²) in [5, 5.41) is 0. The average molecular weight is 302 g/mol. The molecule has 0 saturated carbocycles. The first kappa shape index (κ1) is 15.3. The van der Waals surface area contributed by atoms with E-state index in [9.17, 15) is 4.79 Å². The van der Waals surface area contributed by atoms with E-state index in [2.05, 4.69) is 0 Å². The largest absolute Gasteiger partial charge is 0.493 e. The van der Waals surface area contributed by atoms with Crippen molar-refractivity contribution in [1.82, 2.24) is 4.57 Å². The molecule has 1 aromatic carbocycles. The summed E-state index contributed by atoms with van der Waals surface area (Å²) in [6, 6.07) is 11.2. The molecule has 0 fully saturated rings. The van der Waals surface area contributed by atoms with Gasteiger partial charge in [-0.1, -0.05) is 24.4 Å². The van der Waals surface area contributed by atoms with Crippen LogP contribution in [0.1, 0.15) is 19.4 Å². The summed E-state index contributed by atoms with van der Waals surface area (Å²) >= 11 is 4.92. The number of thiocarbonyl (C=S) groups is 1. The van der Waals surface area contributed by atoms with Crippen LogP contribution >= 0.6 is 12.2 Å². The first-order valence-corrected chi connectivity index (χ1v) is 7.26. The average Bonchev–Trinajstić information content (AvgIpc) is 2.47. The van der Waals surface area contributed by atoms with Gasteiger partial charge in [0.15, 0.2) is 0 Å². The Morgan fingerprint density at radius 1 is 1.24 bits per heavy atom. The zero-order valence-electron chi connectivity index (χ0n) is 12.1. The number of nitrogens with zero attached hydrogens (tertiary/aromatic N) is 1. The van der Waals surface area contributed by atoms with Gasteiger partial charge < -0.3 is 15.0 Å². The third kappa shape index (κ3) is 2.97. The highest BCUT2D eigenvalue weighted by Crippen LogP contribution is 2.29. The minimum Gasteiger partial charge on any atom is -0.493 e. The van der Waals surface area contributed by atoms with Crippen LogP contribution in [0.15, 0.2) is 41.2 Å². The Labute approximate surface area is 129 Å². The van der Waals surface area contributed by atoms with E-state index in [1.807, 2.05) is 44.2 Å². The highest BCUT2D eigenvalue weighted by atomic mass is 32.1. The van der Waals surface area contributed by atoms with Crippen LogP contribution in [0.25, 0.3) is 11.3 Å². The lowest BCUT2D eigenvalue weighted by molar-refractivity contribution is 0.341. The molecule has 4 nitrogen and oxygen atoms in total. The molecular weight excluding hydrogens is 284 g/mol. The number of ether oxygens (including phenoxy) is 1. The summed E-state index contributed by atoms with van der Waals surface area (Å²) in [4.78, 5) is 12.6. The molecule has 0 saturated heterocycles. The molecule has 2 aromatic rings. The van der Waals surface area contributed by atoms with Crippen molar-refractivity contribution < 1.29 is 4.74 Å². The predicted octanol–water partition coefficient (Wildman–Crippen LogP) is 2.57. The molecule has 110 valence electrons. The van der Waals surface area contributed by atoms with Gasteiger partial charge in [0, 0.05) is 12.1 Å². The van der Waals surface area contributed by atoms with Gasteiger partial charge in [-0.15, -0.1) is 0 Å². The first-order chi connectivity index (χ1) is 10.1. The fraction of sp³-hybridized carbons (Fsp3) is 0.250. The Bertz CT molecular complexity index is 722. The van der Waals surface area contributed by atoms with Crippen LogP contribution in [0.4, 0.5) is 0 Å². The molecule has 2 rings (SSSR count). The van der Waals surface area contributed by atoms with Gasteiger partial charge in [-0.3, -0.25) is 4.79 Å². The Morgan fingerprint density at radius 3 is 2.57 bits per heavy atom. The van der Waals surface area contributed by atoms with Crippen molar-refractivity contribution in [3.8, 4) is 17.0 Å². The molecule has 21 heavy (non-hydrogen) atoms. The van der Waals surface area contributed by atoms with Gasteiger partial charge in [0.05, 0.1) is 17.9 Å². The quantitative estimate of drug-likeness (QED) is 0.863. The number of hydrogen-bond acceptors (Lipinski definition) is 3. The van der Waals surface area contributed by atoms with Gasteiger partial charge in [0.1, 0.15) is 10.7 Å². The second kappa shape index (κ2) is 6.54. The molecule has 0 bridgehead atoms. The van der Waals surface area contributed by atoms with E-state index in [1.54, 1.807) is 10.6 Å². The molecule has 0 aliphatic rings. The van der Waals surface area contributed by atoms with Crippen molar-refractivity contribution in [2.24, 2.45) is 5.73 Å². The molecular formula is C16H18N2O2S. The van der Waals surface area contributed by atoms with Crippen molar-refractivity contribution in [3.63, 3.8) is 0 Å². The predicted molar refractivity (Wildman–Crippen MR) is 88.9 cm³/mol. The summed E-state index contributed by atoms with van der Waals surface area (Å²) < 4.78 is 7.30. The normalized spacial score (nSPS) is 10.4. The summed E-state index contributed by atoms with van der Waals surface area (Å²) in [6.07, 6.45) is 0. The van der Waals surface area contributed by atoms with E-state index in [0.29, 0.717) is 18.7 Å². The first-order valence-electron chi connectivity index (χ1n) is 6.86. The minimum atomic E-state index is -0.172. The molecule has 0 unspecified atom stereocenters. The number of nitrogens with two attached hydrogens (primary N) is 1. The van der Waals surface area contributed by atoms with E-state index in [1.165, 1.54) is 0 Å². The number of hydrogen-bond donors (Lipinski definition) is 1. The molecule has 2 N–H and O–H groups in total. The van der Waals surface area contributed by atoms with Gasteiger partial charge in [0.25, 0.3) is 5.56 Å². The topological polar surface area (TPSA) is 57.2 Å². The van der Waals surface area contributed by atoms with Crippen LogP contribution in [0.3, 0.4) is 0 Å². The summed E-state index contributed by atoms with van der Waals surface area (Å²) in [5.41, 5.74) is 7.47. The fourth-order valence-corrected chi connectivity index (χ4v) is 2.43. The van der Waals surface area contributed by atoms with Crippen LogP contribution in [-0.2, 0) is 6.54 Å². The van der Waals surface area contributed by atoms with E-state index < -0.39 is 0 Å². The maximum Gasteiger partial charge on any atom is 0.261 e. The lowest BCUT2D eigenvalue weighted by atomic mass is 10.1. The van der Waals surface area contributed by atoms with Crippen LogP contribution in [-0.4, -0.2) is 16.2 Å². The molecule has 0 radical (unpaired) electrons. The molecule has 1 aromatic heterocycles. The van der Waals surface area contributed by atoms with E-state index in [-0.39, 0.29) is 10.5 Å². The van der Waals surface area contributed by atoms with Crippen LogP contribution in [0.5, 0.6) is 5.75 Å². The fourth-order valence-electron chi connectivity index (χ4n) is 2.27. The Hall–Kier alpha value is -2.14. The summed E-state index contributed by atoms with van der Waals surface area (Å²) in [5.74, 6) is 0.754. The maximum absolute atomic E-state index is 12.5. The van der Waals surface area contributed by atoms with Crippen molar-refractivity contribution >= 4 is 17.2 Å². The van der Waals surface area contributed by atoms with Crippen LogP contribution in [0, 0.1) is 0 Å². The molecule has 0 spiro atoms. The monoisotopic (exact) mass is 302 g/mol. The highest BCUT2D eigenvalue weighted by molar-refractivity contribution is 7.80. The number of rotatable bonds is 5. The van der Waals surface area contributed by atoms with E-state index in [4.69, 9.17) is 22.7 Å². The van der Waals surface area contributed by atoms with Crippen molar-refractivity contribution in [2.75, 3.05) is 6.61 Å². The molecule has 0 amide bonds. The van der Waals surface area contributed by atoms with Gasteiger partial charge in [-0.2, -0.15) is 0 Å². The van der Waals surface area contributed by atoms with Gasteiger partial charge >= 0.3 is 0 Å². The molecule has 5 heteroatoms. The van der Waals surface area contributed by atoms with Crippen LogP contribution < -0.4 is 16.0 Å². The number of benzene rings is 1. The summed E-state index contributed by atoms with van der Waals surface area (Å²) in [6.45, 7) is 4.95. The van der Waals surface area contributed by atoms with Crippen molar-refractivity contribution in [3.05, 3.63) is 52.3 Å². The van der Waals surface area contributed by atoms with Crippen molar-refractivity contribution in [1.29, 1.82) is 0 Å². The number of pyridine rings is 1. The lowest BCUT2D eigenvalue weighted by Gasteiger charge is -2.15. The minimum absolute atomic E-state index is 0.117. The second-order valence-corrected chi connectivity index (χ2v) is 4.91. The Kier molecular flexibility index (Phi) is 4.75.